The zero-order valence-electron chi connectivity index (χ0n) is 7.80. The number of rotatable bonds is 2. The van der Waals surface area contributed by atoms with Gasteiger partial charge < -0.3 is 15.2 Å². The van der Waals surface area contributed by atoms with Gasteiger partial charge in [0, 0.05) is 12.4 Å². The van der Waals surface area contributed by atoms with Gasteiger partial charge in [0.2, 0.25) is 0 Å². The van der Waals surface area contributed by atoms with E-state index < -0.39 is 0 Å². The first-order valence-electron chi connectivity index (χ1n) is 4.59. The number of hydrogen-bond donors (Lipinski definition) is 1. The van der Waals surface area contributed by atoms with Crippen LogP contribution in [-0.2, 0) is 9.47 Å². The topological polar surface area (TPSA) is 70.3 Å². The molecule has 0 aromatic carbocycles. The monoisotopic (exact) mass is 195 g/mol. The summed E-state index contributed by atoms with van der Waals surface area (Å²) in [6.45, 7) is 1.76. The predicted octanol–water partition coefficient (Wildman–Crippen LogP) is -0.108. The highest BCUT2D eigenvalue weighted by atomic mass is 16.6. The maximum Gasteiger partial charge on any atom is 0.102 e. The molecule has 0 amide bonds. The Morgan fingerprint density at radius 3 is 3.00 bits per heavy atom. The highest BCUT2D eigenvalue weighted by Gasteiger charge is 2.24. The molecule has 0 saturated carbocycles. The fraction of sp³-hybridized carbons (Fsp3) is 0.556. The molecule has 1 aliphatic heterocycles. The van der Waals surface area contributed by atoms with E-state index in [0.29, 0.717) is 19.8 Å². The van der Waals surface area contributed by atoms with Crippen LogP contribution in [0, 0.1) is 0 Å². The van der Waals surface area contributed by atoms with Crippen LogP contribution in [0.3, 0.4) is 0 Å². The first-order chi connectivity index (χ1) is 6.88. The van der Waals surface area contributed by atoms with Gasteiger partial charge in [-0.2, -0.15) is 0 Å². The van der Waals surface area contributed by atoms with E-state index in [-0.39, 0.29) is 12.1 Å². The summed E-state index contributed by atoms with van der Waals surface area (Å²) in [5.74, 6) is 0. The molecule has 1 aliphatic rings. The molecule has 2 N–H and O–H groups in total. The van der Waals surface area contributed by atoms with E-state index in [4.69, 9.17) is 15.2 Å². The number of hydrogen-bond acceptors (Lipinski definition) is 5. The highest BCUT2D eigenvalue weighted by Crippen LogP contribution is 2.15. The van der Waals surface area contributed by atoms with Crippen molar-refractivity contribution >= 4 is 0 Å². The van der Waals surface area contributed by atoms with E-state index >= 15 is 0 Å². The van der Waals surface area contributed by atoms with Gasteiger partial charge in [0.1, 0.15) is 6.10 Å². The zero-order valence-corrected chi connectivity index (χ0v) is 7.80. The summed E-state index contributed by atoms with van der Waals surface area (Å²) < 4.78 is 10.7. The summed E-state index contributed by atoms with van der Waals surface area (Å²) in [4.78, 5) is 8.09. The molecule has 2 heterocycles. The first kappa shape index (κ1) is 9.51. The lowest BCUT2D eigenvalue weighted by Crippen LogP contribution is -2.38. The fourth-order valence-corrected chi connectivity index (χ4v) is 1.39. The molecule has 0 aliphatic carbocycles. The van der Waals surface area contributed by atoms with Crippen LogP contribution < -0.4 is 5.73 Å². The van der Waals surface area contributed by atoms with Crippen LogP contribution in [0.25, 0.3) is 0 Å². The second-order valence-corrected chi connectivity index (χ2v) is 3.14. The SMILES string of the molecule is NC(c1cnccn1)C1COCCO1. The first-order valence-corrected chi connectivity index (χ1v) is 4.59. The minimum absolute atomic E-state index is 0.111. The molecular weight excluding hydrogens is 182 g/mol. The molecule has 2 atom stereocenters. The fourth-order valence-electron chi connectivity index (χ4n) is 1.39. The molecule has 2 rings (SSSR count). The minimum Gasteiger partial charge on any atom is -0.376 e. The van der Waals surface area contributed by atoms with E-state index in [0.717, 1.165) is 5.69 Å². The third kappa shape index (κ3) is 2.06. The van der Waals surface area contributed by atoms with Crippen molar-refractivity contribution in [2.24, 2.45) is 5.73 Å². The lowest BCUT2D eigenvalue weighted by atomic mass is 10.1. The Kier molecular flexibility index (Phi) is 3.03. The van der Waals surface area contributed by atoms with Crippen LogP contribution in [-0.4, -0.2) is 35.9 Å². The van der Waals surface area contributed by atoms with Gasteiger partial charge in [0.25, 0.3) is 0 Å². The van der Waals surface area contributed by atoms with Crippen molar-refractivity contribution in [2.75, 3.05) is 19.8 Å². The van der Waals surface area contributed by atoms with Crippen molar-refractivity contribution in [3.05, 3.63) is 24.3 Å². The van der Waals surface area contributed by atoms with E-state index in [1.54, 1.807) is 18.6 Å². The Balaban J connectivity index is 2.03. The number of aromatic nitrogens is 2. The molecule has 2 unspecified atom stereocenters. The van der Waals surface area contributed by atoms with Crippen LogP contribution in [0.15, 0.2) is 18.6 Å². The molecule has 5 nitrogen and oxygen atoms in total. The Hall–Kier alpha value is -1.04. The quantitative estimate of drug-likeness (QED) is 0.713. The lowest BCUT2D eigenvalue weighted by molar-refractivity contribution is -0.0980. The third-order valence-electron chi connectivity index (χ3n) is 2.17. The molecule has 0 radical (unpaired) electrons. The summed E-state index contributed by atoms with van der Waals surface area (Å²) in [6, 6.07) is -0.260. The van der Waals surface area contributed by atoms with Gasteiger partial charge in [0.05, 0.1) is 37.8 Å². The van der Waals surface area contributed by atoms with Crippen molar-refractivity contribution in [2.45, 2.75) is 12.1 Å². The zero-order chi connectivity index (χ0) is 9.80. The maximum atomic E-state index is 5.96. The molecule has 76 valence electrons. The summed E-state index contributed by atoms with van der Waals surface area (Å²) in [5, 5.41) is 0. The van der Waals surface area contributed by atoms with E-state index in [1.165, 1.54) is 0 Å². The summed E-state index contributed by atoms with van der Waals surface area (Å²) >= 11 is 0. The normalized spacial score (nSPS) is 24.5. The van der Waals surface area contributed by atoms with Crippen LogP contribution >= 0.6 is 0 Å². The molecule has 1 saturated heterocycles. The third-order valence-corrected chi connectivity index (χ3v) is 2.17. The van der Waals surface area contributed by atoms with Gasteiger partial charge in [-0.25, -0.2) is 0 Å². The Labute approximate surface area is 82.3 Å². The van der Waals surface area contributed by atoms with E-state index in [2.05, 4.69) is 9.97 Å². The smallest absolute Gasteiger partial charge is 0.102 e. The Bertz CT molecular complexity index is 275. The number of nitrogens with two attached hydrogens (primary N) is 1. The summed E-state index contributed by atoms with van der Waals surface area (Å²) in [6.07, 6.45) is 4.79. The molecular formula is C9H13N3O2. The predicted molar refractivity (Wildman–Crippen MR) is 49.5 cm³/mol. The van der Waals surface area contributed by atoms with Crippen molar-refractivity contribution in [1.29, 1.82) is 0 Å². The standard InChI is InChI=1S/C9H13N3O2/c10-9(7-5-11-1-2-12-7)8-6-13-3-4-14-8/h1-2,5,8-9H,3-4,6,10H2. The van der Waals surface area contributed by atoms with Crippen molar-refractivity contribution in [3.8, 4) is 0 Å². The van der Waals surface area contributed by atoms with E-state index in [1.807, 2.05) is 0 Å². The number of nitrogens with zero attached hydrogens (tertiary/aromatic N) is 2. The largest absolute Gasteiger partial charge is 0.376 e. The van der Waals surface area contributed by atoms with E-state index in [9.17, 15) is 0 Å². The molecule has 1 aromatic rings. The van der Waals surface area contributed by atoms with Gasteiger partial charge in [-0.3, -0.25) is 9.97 Å². The lowest BCUT2D eigenvalue weighted by Gasteiger charge is -2.27. The van der Waals surface area contributed by atoms with Gasteiger partial charge >= 0.3 is 0 Å². The highest BCUT2D eigenvalue weighted by molar-refractivity contribution is 5.04. The molecule has 0 spiro atoms. The van der Waals surface area contributed by atoms with Crippen LogP contribution in [0.4, 0.5) is 0 Å². The maximum absolute atomic E-state index is 5.96. The minimum atomic E-state index is -0.260. The summed E-state index contributed by atoms with van der Waals surface area (Å²) in [5.41, 5.74) is 6.70. The van der Waals surface area contributed by atoms with Gasteiger partial charge in [-0.05, 0) is 0 Å². The van der Waals surface area contributed by atoms with Crippen LogP contribution in [0.1, 0.15) is 11.7 Å². The second-order valence-electron chi connectivity index (χ2n) is 3.14. The average Bonchev–Trinajstić information content (AvgIpc) is 2.30. The van der Waals surface area contributed by atoms with Crippen LogP contribution in [0.2, 0.25) is 0 Å². The average molecular weight is 195 g/mol. The second kappa shape index (κ2) is 4.45. The molecule has 5 heteroatoms. The van der Waals surface area contributed by atoms with Crippen molar-refractivity contribution in [1.82, 2.24) is 9.97 Å². The Morgan fingerprint density at radius 2 is 2.36 bits per heavy atom. The van der Waals surface area contributed by atoms with Crippen molar-refractivity contribution in [3.63, 3.8) is 0 Å². The molecule has 1 fully saturated rings. The molecule has 14 heavy (non-hydrogen) atoms. The Morgan fingerprint density at radius 1 is 1.43 bits per heavy atom. The molecule has 0 bridgehead atoms. The van der Waals surface area contributed by atoms with Crippen LogP contribution in [0.5, 0.6) is 0 Å². The van der Waals surface area contributed by atoms with Gasteiger partial charge in [-0.1, -0.05) is 0 Å². The molecule has 1 aromatic heterocycles. The van der Waals surface area contributed by atoms with Gasteiger partial charge in [0.15, 0.2) is 0 Å². The summed E-state index contributed by atoms with van der Waals surface area (Å²) in [7, 11) is 0. The van der Waals surface area contributed by atoms with Crippen molar-refractivity contribution < 1.29 is 9.47 Å². The number of ether oxygens (including phenoxy) is 2. The van der Waals surface area contributed by atoms with Gasteiger partial charge in [-0.15, -0.1) is 0 Å².